The summed E-state index contributed by atoms with van der Waals surface area (Å²) in [5, 5.41) is 0. The Hall–Kier alpha value is -1.61. The lowest BCUT2D eigenvalue weighted by Crippen LogP contribution is -2.28. The third kappa shape index (κ3) is 2.43. The van der Waals surface area contributed by atoms with Gasteiger partial charge in [0.25, 0.3) is 0 Å². The van der Waals surface area contributed by atoms with E-state index in [-0.39, 0.29) is 5.78 Å². The van der Waals surface area contributed by atoms with Crippen molar-refractivity contribution in [3.63, 3.8) is 0 Å². The SMILES string of the molecule is O=C(CN1CCc2ccccc21)c1ccccc1Br. The number of benzene rings is 2. The Kier molecular flexibility index (Phi) is 3.38. The maximum absolute atomic E-state index is 12.4. The van der Waals surface area contributed by atoms with E-state index in [1.54, 1.807) is 0 Å². The number of ketones is 1. The van der Waals surface area contributed by atoms with Crippen LogP contribution in [0.5, 0.6) is 0 Å². The minimum atomic E-state index is 0.157. The highest BCUT2D eigenvalue weighted by Crippen LogP contribution is 2.28. The molecule has 2 aromatic carbocycles. The standard InChI is InChI=1S/C16H14BrNO/c17-14-7-3-2-6-13(14)16(19)11-18-10-9-12-5-1-4-8-15(12)18/h1-8H,9-11H2. The normalized spacial score (nSPS) is 13.4. The van der Waals surface area contributed by atoms with Gasteiger partial charge in [-0.15, -0.1) is 0 Å². The molecule has 0 atom stereocenters. The topological polar surface area (TPSA) is 20.3 Å². The summed E-state index contributed by atoms with van der Waals surface area (Å²) >= 11 is 3.44. The summed E-state index contributed by atoms with van der Waals surface area (Å²) in [5.74, 6) is 0.157. The average Bonchev–Trinajstić information content (AvgIpc) is 2.83. The van der Waals surface area contributed by atoms with Gasteiger partial charge in [-0.2, -0.15) is 0 Å². The van der Waals surface area contributed by atoms with Crippen molar-refractivity contribution in [1.82, 2.24) is 0 Å². The number of hydrogen-bond acceptors (Lipinski definition) is 2. The fraction of sp³-hybridized carbons (Fsp3) is 0.188. The summed E-state index contributed by atoms with van der Waals surface area (Å²) in [4.78, 5) is 14.5. The third-order valence-corrected chi connectivity index (χ3v) is 4.18. The number of halogens is 1. The highest BCUT2D eigenvalue weighted by Gasteiger charge is 2.21. The van der Waals surface area contributed by atoms with E-state index < -0.39 is 0 Å². The summed E-state index contributed by atoms with van der Waals surface area (Å²) in [6.45, 7) is 1.37. The van der Waals surface area contributed by atoms with Gasteiger partial charge in [0.2, 0.25) is 0 Å². The average molecular weight is 316 g/mol. The van der Waals surface area contributed by atoms with Crippen LogP contribution in [-0.4, -0.2) is 18.9 Å². The first-order valence-corrected chi connectivity index (χ1v) is 7.15. The van der Waals surface area contributed by atoms with Crippen molar-refractivity contribution in [2.75, 3.05) is 18.0 Å². The molecule has 0 bridgehead atoms. The second kappa shape index (κ2) is 5.17. The summed E-state index contributed by atoms with van der Waals surface area (Å²) in [6, 6.07) is 15.9. The zero-order valence-corrected chi connectivity index (χ0v) is 12.1. The third-order valence-electron chi connectivity index (χ3n) is 3.49. The summed E-state index contributed by atoms with van der Waals surface area (Å²) in [6.07, 6.45) is 1.03. The molecule has 0 amide bonds. The quantitative estimate of drug-likeness (QED) is 0.805. The molecule has 0 aromatic heterocycles. The predicted octanol–water partition coefficient (Wildman–Crippen LogP) is 3.69. The smallest absolute Gasteiger partial charge is 0.183 e. The number of nitrogens with zero attached hydrogens (tertiary/aromatic N) is 1. The van der Waals surface area contributed by atoms with Gasteiger partial charge in [-0.1, -0.05) is 52.3 Å². The molecule has 2 aromatic rings. The molecule has 96 valence electrons. The number of rotatable bonds is 3. The maximum Gasteiger partial charge on any atom is 0.183 e. The van der Waals surface area contributed by atoms with E-state index in [2.05, 4.69) is 39.0 Å². The summed E-state index contributed by atoms with van der Waals surface area (Å²) in [5.41, 5.74) is 3.29. The van der Waals surface area contributed by atoms with Gasteiger partial charge in [-0.25, -0.2) is 0 Å². The van der Waals surface area contributed by atoms with Crippen LogP contribution in [0, 0.1) is 0 Å². The van der Waals surface area contributed by atoms with Crippen molar-refractivity contribution in [2.24, 2.45) is 0 Å². The molecule has 0 saturated heterocycles. The first-order valence-electron chi connectivity index (χ1n) is 6.36. The van der Waals surface area contributed by atoms with E-state index in [0.29, 0.717) is 6.54 Å². The molecule has 19 heavy (non-hydrogen) atoms. The number of carbonyl (C=O) groups excluding carboxylic acids is 1. The van der Waals surface area contributed by atoms with Crippen LogP contribution in [0.1, 0.15) is 15.9 Å². The van der Waals surface area contributed by atoms with Crippen molar-refractivity contribution < 1.29 is 4.79 Å². The second-order valence-corrected chi connectivity index (χ2v) is 5.56. The van der Waals surface area contributed by atoms with Gasteiger partial charge in [0.1, 0.15) is 0 Å². The Bertz CT molecular complexity index is 624. The molecule has 2 nitrogen and oxygen atoms in total. The number of anilines is 1. The van der Waals surface area contributed by atoms with E-state index in [1.165, 1.54) is 11.3 Å². The van der Waals surface area contributed by atoms with E-state index in [4.69, 9.17) is 0 Å². The fourth-order valence-corrected chi connectivity index (χ4v) is 3.02. The molecule has 0 saturated carbocycles. The van der Waals surface area contributed by atoms with Crippen molar-refractivity contribution >= 4 is 27.4 Å². The van der Waals surface area contributed by atoms with E-state index in [9.17, 15) is 4.79 Å². The summed E-state index contributed by atoms with van der Waals surface area (Å²) in [7, 11) is 0. The van der Waals surface area contributed by atoms with Gasteiger partial charge >= 0.3 is 0 Å². The molecule has 0 radical (unpaired) electrons. The Balaban J connectivity index is 1.81. The molecular weight excluding hydrogens is 302 g/mol. The van der Waals surface area contributed by atoms with Crippen LogP contribution >= 0.6 is 15.9 Å². The predicted molar refractivity (Wildman–Crippen MR) is 80.8 cm³/mol. The molecule has 0 N–H and O–H groups in total. The van der Waals surface area contributed by atoms with Crippen molar-refractivity contribution in [3.05, 3.63) is 64.1 Å². The van der Waals surface area contributed by atoms with Crippen molar-refractivity contribution in [3.8, 4) is 0 Å². The Morgan fingerprint density at radius 3 is 2.68 bits per heavy atom. The zero-order valence-electron chi connectivity index (χ0n) is 10.5. The van der Waals surface area contributed by atoms with E-state index in [0.717, 1.165) is 23.0 Å². The van der Waals surface area contributed by atoms with Gasteiger partial charge < -0.3 is 4.90 Å². The fourth-order valence-electron chi connectivity index (χ4n) is 2.52. The second-order valence-electron chi connectivity index (χ2n) is 4.70. The van der Waals surface area contributed by atoms with Crippen LogP contribution in [0.25, 0.3) is 0 Å². The molecule has 1 aliphatic heterocycles. The zero-order chi connectivity index (χ0) is 13.2. The molecule has 3 rings (SSSR count). The van der Waals surface area contributed by atoms with Gasteiger partial charge in [-0.3, -0.25) is 4.79 Å². The highest BCUT2D eigenvalue weighted by atomic mass is 79.9. The van der Waals surface area contributed by atoms with Gasteiger partial charge in [0, 0.05) is 22.3 Å². The first-order chi connectivity index (χ1) is 9.25. The number of Topliss-reactive ketones (excluding diaryl/α,β-unsaturated/α-hetero) is 1. The van der Waals surface area contributed by atoms with Crippen LogP contribution in [0.15, 0.2) is 53.0 Å². The molecular formula is C16H14BrNO. The molecule has 0 unspecified atom stereocenters. The molecule has 1 aliphatic rings. The Morgan fingerprint density at radius 2 is 1.84 bits per heavy atom. The molecule has 1 heterocycles. The number of fused-ring (bicyclic) bond motifs is 1. The molecule has 0 spiro atoms. The number of hydrogen-bond donors (Lipinski definition) is 0. The monoisotopic (exact) mass is 315 g/mol. The van der Waals surface area contributed by atoms with Gasteiger partial charge in [0.15, 0.2) is 5.78 Å². The molecule has 0 fully saturated rings. The number of para-hydroxylation sites is 1. The number of carbonyl (C=O) groups is 1. The van der Waals surface area contributed by atoms with Gasteiger partial charge in [0.05, 0.1) is 6.54 Å². The van der Waals surface area contributed by atoms with Crippen LogP contribution in [-0.2, 0) is 6.42 Å². The van der Waals surface area contributed by atoms with Crippen molar-refractivity contribution in [2.45, 2.75) is 6.42 Å². The van der Waals surface area contributed by atoms with Crippen LogP contribution < -0.4 is 4.90 Å². The molecule has 3 heteroatoms. The minimum Gasteiger partial charge on any atom is -0.363 e. The van der Waals surface area contributed by atoms with E-state index >= 15 is 0 Å². The van der Waals surface area contributed by atoms with Crippen LogP contribution in [0.4, 0.5) is 5.69 Å². The van der Waals surface area contributed by atoms with Crippen LogP contribution in [0.3, 0.4) is 0 Å². The van der Waals surface area contributed by atoms with E-state index in [1.807, 2.05) is 30.3 Å². The lowest BCUT2D eigenvalue weighted by Gasteiger charge is -2.18. The summed E-state index contributed by atoms with van der Waals surface area (Å²) < 4.78 is 0.868. The largest absolute Gasteiger partial charge is 0.363 e. The minimum absolute atomic E-state index is 0.157. The maximum atomic E-state index is 12.4. The highest BCUT2D eigenvalue weighted by molar-refractivity contribution is 9.10. The lowest BCUT2D eigenvalue weighted by atomic mass is 10.1. The Labute approximate surface area is 121 Å². The van der Waals surface area contributed by atoms with Crippen LogP contribution in [0.2, 0.25) is 0 Å². The Morgan fingerprint density at radius 1 is 1.11 bits per heavy atom. The van der Waals surface area contributed by atoms with Crippen molar-refractivity contribution in [1.29, 1.82) is 0 Å². The first kappa shape index (κ1) is 12.4. The lowest BCUT2D eigenvalue weighted by molar-refractivity contribution is 0.0999. The van der Waals surface area contributed by atoms with Gasteiger partial charge in [-0.05, 0) is 24.1 Å². The molecule has 0 aliphatic carbocycles.